The Morgan fingerprint density at radius 1 is 1.43 bits per heavy atom. The van der Waals surface area contributed by atoms with Crippen LogP contribution in [0.5, 0.6) is 5.75 Å². The van der Waals surface area contributed by atoms with E-state index in [0.29, 0.717) is 12.5 Å². The van der Waals surface area contributed by atoms with E-state index in [1.54, 1.807) is 0 Å². The Balaban J connectivity index is 3.20. The maximum Gasteiger partial charge on any atom is 0.135 e. The van der Waals surface area contributed by atoms with Crippen LogP contribution in [-0.4, -0.2) is 6.61 Å². The van der Waals surface area contributed by atoms with Crippen LogP contribution in [0.3, 0.4) is 0 Å². The van der Waals surface area contributed by atoms with Crippen LogP contribution in [0, 0.1) is 12.3 Å². The van der Waals surface area contributed by atoms with Crippen molar-refractivity contribution in [3.05, 3.63) is 29.3 Å². The van der Waals surface area contributed by atoms with Crippen molar-refractivity contribution in [2.75, 3.05) is 6.61 Å². The van der Waals surface area contributed by atoms with Gasteiger partial charge in [-0.3, -0.25) is 0 Å². The molecule has 0 aliphatic carbocycles. The third-order valence-electron chi connectivity index (χ3n) is 2.12. The van der Waals surface area contributed by atoms with Gasteiger partial charge in [-0.2, -0.15) is 0 Å². The fraction of sp³-hybridized carbons (Fsp3) is 0.385. The molecule has 0 aromatic heterocycles. The van der Waals surface area contributed by atoms with Gasteiger partial charge in [0.1, 0.15) is 5.75 Å². The molecule has 1 nitrogen and oxygen atoms in total. The lowest BCUT2D eigenvalue weighted by Gasteiger charge is -2.12. The highest BCUT2D eigenvalue weighted by Gasteiger charge is 2.09. The molecule has 0 radical (unpaired) electrons. The van der Waals surface area contributed by atoms with Crippen molar-refractivity contribution in [1.29, 1.82) is 0 Å². The number of hydrogen-bond donors (Lipinski definition) is 0. The van der Waals surface area contributed by atoms with Gasteiger partial charge in [-0.25, -0.2) is 0 Å². The minimum Gasteiger partial charge on any atom is -0.493 e. The fourth-order valence-corrected chi connectivity index (χ4v) is 1.46. The van der Waals surface area contributed by atoms with Crippen molar-refractivity contribution >= 4 is 0 Å². The number of rotatable bonds is 3. The van der Waals surface area contributed by atoms with Gasteiger partial charge in [0.25, 0.3) is 0 Å². The lowest BCUT2D eigenvalue weighted by molar-refractivity contribution is 0.339. The van der Waals surface area contributed by atoms with Crippen LogP contribution >= 0.6 is 0 Å². The second-order valence-corrected chi connectivity index (χ2v) is 3.45. The van der Waals surface area contributed by atoms with Gasteiger partial charge >= 0.3 is 0 Å². The van der Waals surface area contributed by atoms with E-state index in [-0.39, 0.29) is 0 Å². The fourth-order valence-electron chi connectivity index (χ4n) is 1.46. The Kier molecular flexibility index (Phi) is 3.59. The van der Waals surface area contributed by atoms with Gasteiger partial charge in [-0.1, -0.05) is 31.9 Å². The molecule has 0 unspecified atom stereocenters. The lowest BCUT2D eigenvalue weighted by Crippen LogP contribution is -1.99. The quantitative estimate of drug-likeness (QED) is 0.662. The summed E-state index contributed by atoms with van der Waals surface area (Å²) in [6.07, 6.45) is 5.49. The van der Waals surface area contributed by atoms with E-state index in [4.69, 9.17) is 11.2 Å². The monoisotopic (exact) mass is 188 g/mol. The Bertz CT molecular complexity index is 345. The summed E-state index contributed by atoms with van der Waals surface area (Å²) in [6, 6.07) is 5.97. The molecule has 0 spiro atoms. The third kappa shape index (κ3) is 2.09. The summed E-state index contributed by atoms with van der Waals surface area (Å²) in [5.74, 6) is 3.96. The first-order chi connectivity index (χ1) is 6.70. The zero-order valence-corrected chi connectivity index (χ0v) is 9.00. The number of terminal acetylenes is 1. The molecule has 14 heavy (non-hydrogen) atoms. The second kappa shape index (κ2) is 4.72. The van der Waals surface area contributed by atoms with Crippen LogP contribution < -0.4 is 4.74 Å². The summed E-state index contributed by atoms with van der Waals surface area (Å²) >= 11 is 0. The van der Waals surface area contributed by atoms with Crippen molar-refractivity contribution in [3.8, 4) is 18.1 Å². The molecule has 1 aromatic rings. The molecule has 0 saturated heterocycles. The number of ether oxygens (including phenoxy) is 1. The molecule has 0 heterocycles. The van der Waals surface area contributed by atoms with Crippen LogP contribution in [0.15, 0.2) is 18.2 Å². The van der Waals surface area contributed by atoms with Crippen LogP contribution in [0.1, 0.15) is 37.8 Å². The normalized spacial score (nSPS) is 9.93. The second-order valence-electron chi connectivity index (χ2n) is 3.45. The largest absolute Gasteiger partial charge is 0.493 e. The van der Waals surface area contributed by atoms with Crippen molar-refractivity contribution in [2.45, 2.75) is 26.7 Å². The predicted molar refractivity (Wildman–Crippen MR) is 59.6 cm³/mol. The summed E-state index contributed by atoms with van der Waals surface area (Å²) in [7, 11) is 0. The topological polar surface area (TPSA) is 9.23 Å². The van der Waals surface area contributed by atoms with Gasteiger partial charge in [0, 0.05) is 0 Å². The van der Waals surface area contributed by atoms with Crippen molar-refractivity contribution in [1.82, 2.24) is 0 Å². The highest BCUT2D eigenvalue weighted by molar-refractivity contribution is 5.51. The van der Waals surface area contributed by atoms with E-state index in [0.717, 1.165) is 11.3 Å². The first-order valence-electron chi connectivity index (χ1n) is 4.93. The molecule has 1 rings (SSSR count). The summed E-state index contributed by atoms with van der Waals surface area (Å²) < 4.78 is 5.48. The molecule has 0 aliphatic rings. The van der Waals surface area contributed by atoms with Gasteiger partial charge in [-0.15, -0.1) is 6.42 Å². The first-order valence-corrected chi connectivity index (χ1v) is 4.93. The standard InChI is InChI=1S/C13H16O/c1-5-11-12(10(3)4)8-7-9-13(11)14-6-2/h1,7-10H,6H2,2-4H3. The van der Waals surface area contributed by atoms with E-state index >= 15 is 0 Å². The van der Waals surface area contributed by atoms with E-state index in [9.17, 15) is 0 Å². The summed E-state index contributed by atoms with van der Waals surface area (Å²) in [5.41, 5.74) is 2.07. The summed E-state index contributed by atoms with van der Waals surface area (Å²) in [4.78, 5) is 0. The van der Waals surface area contributed by atoms with Gasteiger partial charge in [0.2, 0.25) is 0 Å². The maximum atomic E-state index is 5.49. The molecular weight excluding hydrogens is 172 g/mol. The lowest BCUT2D eigenvalue weighted by atomic mass is 9.97. The Labute approximate surface area is 86.1 Å². The summed E-state index contributed by atoms with van der Waals surface area (Å²) in [6.45, 7) is 6.87. The molecule has 0 atom stereocenters. The first kappa shape index (κ1) is 10.7. The molecule has 1 aromatic carbocycles. The van der Waals surface area contributed by atoms with Gasteiger partial charge in [-0.05, 0) is 24.5 Å². The van der Waals surface area contributed by atoms with Crippen LogP contribution in [-0.2, 0) is 0 Å². The number of hydrogen-bond acceptors (Lipinski definition) is 1. The molecule has 0 N–H and O–H groups in total. The third-order valence-corrected chi connectivity index (χ3v) is 2.12. The smallest absolute Gasteiger partial charge is 0.135 e. The predicted octanol–water partition coefficient (Wildman–Crippen LogP) is 3.19. The Morgan fingerprint density at radius 3 is 2.64 bits per heavy atom. The molecule has 0 aliphatic heterocycles. The Morgan fingerprint density at radius 2 is 2.14 bits per heavy atom. The molecule has 74 valence electrons. The molecule has 0 bridgehead atoms. The van der Waals surface area contributed by atoms with Gasteiger partial charge in [0.15, 0.2) is 0 Å². The Hall–Kier alpha value is -1.42. The van der Waals surface area contributed by atoms with Gasteiger partial charge in [0.05, 0.1) is 12.2 Å². The molecule has 1 heteroatoms. The van der Waals surface area contributed by atoms with Crippen molar-refractivity contribution in [3.63, 3.8) is 0 Å². The highest BCUT2D eigenvalue weighted by Crippen LogP contribution is 2.26. The van der Waals surface area contributed by atoms with Crippen LogP contribution in [0.25, 0.3) is 0 Å². The van der Waals surface area contributed by atoms with Crippen molar-refractivity contribution in [2.24, 2.45) is 0 Å². The minimum absolute atomic E-state index is 0.432. The molecular formula is C13H16O. The SMILES string of the molecule is C#Cc1c(OCC)cccc1C(C)C. The molecule has 0 fully saturated rings. The summed E-state index contributed by atoms with van der Waals surface area (Å²) in [5, 5.41) is 0. The van der Waals surface area contributed by atoms with Gasteiger partial charge < -0.3 is 4.74 Å². The van der Waals surface area contributed by atoms with Crippen LogP contribution in [0.2, 0.25) is 0 Å². The van der Waals surface area contributed by atoms with E-state index in [1.165, 1.54) is 5.56 Å². The van der Waals surface area contributed by atoms with Crippen LogP contribution in [0.4, 0.5) is 0 Å². The maximum absolute atomic E-state index is 5.49. The zero-order chi connectivity index (χ0) is 10.6. The molecule has 0 amide bonds. The highest BCUT2D eigenvalue weighted by atomic mass is 16.5. The minimum atomic E-state index is 0.432. The molecule has 0 saturated carbocycles. The average Bonchev–Trinajstić information content (AvgIpc) is 2.18. The van der Waals surface area contributed by atoms with Crippen molar-refractivity contribution < 1.29 is 4.74 Å². The van der Waals surface area contributed by atoms with E-state index in [1.807, 2.05) is 19.1 Å². The van der Waals surface area contributed by atoms with E-state index in [2.05, 4.69) is 25.8 Å². The zero-order valence-electron chi connectivity index (χ0n) is 9.00. The number of benzene rings is 1. The average molecular weight is 188 g/mol. The van der Waals surface area contributed by atoms with E-state index < -0.39 is 0 Å².